The van der Waals surface area contributed by atoms with Crippen molar-refractivity contribution in [3.8, 4) is 0 Å². The molecule has 1 heterocycles. The summed E-state index contributed by atoms with van der Waals surface area (Å²) in [6.45, 7) is 5.06. The van der Waals surface area contributed by atoms with Crippen molar-refractivity contribution >= 4 is 17.7 Å². The van der Waals surface area contributed by atoms with Gasteiger partial charge in [-0.1, -0.05) is 12.7 Å². The highest BCUT2D eigenvalue weighted by Gasteiger charge is 2.06. The molecule has 0 bridgehead atoms. The van der Waals surface area contributed by atoms with E-state index in [1.807, 2.05) is 0 Å². The maximum absolute atomic E-state index is 12.6. The summed E-state index contributed by atoms with van der Waals surface area (Å²) >= 11 is 0. The van der Waals surface area contributed by atoms with Gasteiger partial charge in [0.05, 0.1) is 5.69 Å². The molecule has 0 atom stereocenters. The van der Waals surface area contributed by atoms with Crippen LogP contribution in [0.15, 0.2) is 17.6 Å². The van der Waals surface area contributed by atoms with Crippen molar-refractivity contribution in [1.29, 1.82) is 0 Å². The Morgan fingerprint density at radius 3 is 2.77 bits per heavy atom. The minimum Gasteiger partial charge on any atom is -0.382 e. The van der Waals surface area contributed by atoms with E-state index in [1.165, 1.54) is 12.3 Å². The van der Waals surface area contributed by atoms with Crippen LogP contribution in [-0.4, -0.2) is 16.2 Å². The molecule has 0 radical (unpaired) electrons. The molecule has 1 rings (SSSR count). The molecule has 0 aliphatic carbocycles. The van der Waals surface area contributed by atoms with Crippen LogP contribution in [0.25, 0.3) is 0 Å². The van der Waals surface area contributed by atoms with E-state index in [0.29, 0.717) is 11.4 Å². The first-order chi connectivity index (χ1) is 6.15. The molecule has 4 nitrogen and oxygen atoms in total. The number of allylic oxidation sites excluding steroid dienone is 1. The first-order valence-electron chi connectivity index (χ1n) is 3.60. The minimum absolute atomic E-state index is 0.0306. The SMILES string of the molecule is C=C/C=N\c1c(C)nc(F)nc1N. The summed E-state index contributed by atoms with van der Waals surface area (Å²) in [7, 11) is 0. The zero-order chi connectivity index (χ0) is 9.84. The Morgan fingerprint density at radius 2 is 2.23 bits per heavy atom. The van der Waals surface area contributed by atoms with Crippen LogP contribution >= 0.6 is 0 Å². The molecule has 0 aliphatic heterocycles. The average Bonchev–Trinajstić information content (AvgIpc) is 2.02. The molecule has 0 saturated heterocycles. The lowest BCUT2D eigenvalue weighted by Crippen LogP contribution is -1.99. The van der Waals surface area contributed by atoms with Crippen LogP contribution in [0.4, 0.5) is 15.9 Å². The number of anilines is 1. The number of hydrogen-bond donors (Lipinski definition) is 1. The summed E-state index contributed by atoms with van der Waals surface area (Å²) in [5.74, 6) is 0.0306. The molecule has 0 aliphatic rings. The number of aliphatic imine (C=N–C) groups is 1. The number of hydrogen-bond acceptors (Lipinski definition) is 4. The lowest BCUT2D eigenvalue weighted by atomic mass is 10.3. The van der Waals surface area contributed by atoms with Crippen molar-refractivity contribution in [3.05, 3.63) is 24.4 Å². The van der Waals surface area contributed by atoms with Crippen LogP contribution in [0.3, 0.4) is 0 Å². The van der Waals surface area contributed by atoms with Gasteiger partial charge in [0.25, 0.3) is 0 Å². The normalized spacial score (nSPS) is 10.6. The fourth-order valence-electron chi connectivity index (χ4n) is 0.841. The van der Waals surface area contributed by atoms with Crippen LogP contribution < -0.4 is 5.73 Å². The molecule has 1 aromatic heterocycles. The van der Waals surface area contributed by atoms with E-state index in [2.05, 4.69) is 21.5 Å². The van der Waals surface area contributed by atoms with Gasteiger partial charge in [-0.2, -0.15) is 9.37 Å². The molecule has 0 amide bonds. The molecule has 0 spiro atoms. The molecule has 13 heavy (non-hydrogen) atoms. The third-order valence-corrected chi connectivity index (χ3v) is 1.37. The molecule has 0 aromatic carbocycles. The Labute approximate surface area is 75.0 Å². The fourth-order valence-corrected chi connectivity index (χ4v) is 0.841. The van der Waals surface area contributed by atoms with Crippen molar-refractivity contribution in [2.75, 3.05) is 5.73 Å². The van der Waals surface area contributed by atoms with Gasteiger partial charge in [0.15, 0.2) is 5.82 Å². The van der Waals surface area contributed by atoms with Crippen LogP contribution in [0.2, 0.25) is 0 Å². The summed E-state index contributed by atoms with van der Waals surface area (Å²) in [6.07, 6.45) is 2.09. The highest BCUT2D eigenvalue weighted by atomic mass is 19.1. The van der Waals surface area contributed by atoms with Crippen LogP contribution in [-0.2, 0) is 0 Å². The number of aryl methyl sites for hydroxylation is 1. The molecule has 0 fully saturated rings. The lowest BCUT2D eigenvalue weighted by molar-refractivity contribution is 0.537. The van der Waals surface area contributed by atoms with Crippen LogP contribution in [0.1, 0.15) is 5.69 Å². The molecule has 1 aromatic rings. The standard InChI is InChI=1S/C8H9FN4/c1-3-4-11-6-5(2)12-8(9)13-7(6)10/h3-4H,1H2,2H3,(H2,10,12,13)/b11-4-. The van der Waals surface area contributed by atoms with E-state index < -0.39 is 6.08 Å². The number of halogens is 1. The van der Waals surface area contributed by atoms with Gasteiger partial charge >= 0.3 is 6.08 Å². The topological polar surface area (TPSA) is 64.2 Å². The van der Waals surface area contributed by atoms with E-state index in [9.17, 15) is 4.39 Å². The summed E-state index contributed by atoms with van der Waals surface area (Å²) in [4.78, 5) is 10.7. The minimum atomic E-state index is -0.840. The Balaban J connectivity index is 3.20. The second kappa shape index (κ2) is 3.75. The van der Waals surface area contributed by atoms with Crippen molar-refractivity contribution in [2.45, 2.75) is 6.92 Å². The molecule has 0 unspecified atom stereocenters. The fraction of sp³-hybridized carbons (Fsp3) is 0.125. The first-order valence-corrected chi connectivity index (χ1v) is 3.60. The quantitative estimate of drug-likeness (QED) is 0.552. The first kappa shape index (κ1) is 9.31. The summed E-state index contributed by atoms with van der Waals surface area (Å²) in [5.41, 5.74) is 6.21. The Hall–Kier alpha value is -1.78. The van der Waals surface area contributed by atoms with Crippen LogP contribution in [0.5, 0.6) is 0 Å². The third-order valence-electron chi connectivity index (χ3n) is 1.37. The van der Waals surface area contributed by atoms with Crippen molar-refractivity contribution < 1.29 is 4.39 Å². The predicted molar refractivity (Wildman–Crippen MR) is 49.5 cm³/mol. The van der Waals surface area contributed by atoms with Crippen molar-refractivity contribution in [3.63, 3.8) is 0 Å². The smallest absolute Gasteiger partial charge is 0.310 e. The molecule has 2 N–H and O–H groups in total. The molecule has 0 saturated carbocycles. The number of rotatable bonds is 2. The molecule has 68 valence electrons. The Bertz CT molecular complexity index is 336. The summed E-state index contributed by atoms with van der Waals surface area (Å²) in [5, 5.41) is 0. The monoisotopic (exact) mass is 180 g/mol. The maximum atomic E-state index is 12.6. The zero-order valence-corrected chi connectivity index (χ0v) is 7.16. The van der Waals surface area contributed by atoms with E-state index in [1.54, 1.807) is 6.92 Å². The van der Waals surface area contributed by atoms with Crippen LogP contribution in [0, 0.1) is 13.0 Å². The summed E-state index contributed by atoms with van der Waals surface area (Å²) in [6, 6.07) is 0. The largest absolute Gasteiger partial charge is 0.382 e. The highest BCUT2D eigenvalue weighted by Crippen LogP contribution is 2.21. The van der Waals surface area contributed by atoms with Crippen molar-refractivity contribution in [2.24, 2.45) is 4.99 Å². The Morgan fingerprint density at radius 1 is 1.54 bits per heavy atom. The van der Waals surface area contributed by atoms with E-state index in [0.717, 1.165) is 0 Å². The number of nitrogen functional groups attached to an aromatic ring is 1. The number of aromatic nitrogens is 2. The van der Waals surface area contributed by atoms with Gasteiger partial charge < -0.3 is 5.73 Å². The van der Waals surface area contributed by atoms with Gasteiger partial charge in [0.2, 0.25) is 0 Å². The van der Waals surface area contributed by atoms with Gasteiger partial charge in [0.1, 0.15) is 5.69 Å². The highest BCUT2D eigenvalue weighted by molar-refractivity contribution is 5.76. The Kier molecular flexibility index (Phi) is 2.69. The molecule has 5 heteroatoms. The van der Waals surface area contributed by atoms with E-state index in [-0.39, 0.29) is 5.82 Å². The summed E-state index contributed by atoms with van der Waals surface area (Å²) < 4.78 is 12.6. The predicted octanol–water partition coefficient (Wildman–Crippen LogP) is 1.39. The number of nitrogens with two attached hydrogens (primary N) is 1. The van der Waals surface area contributed by atoms with Gasteiger partial charge in [-0.25, -0.2) is 4.98 Å². The van der Waals surface area contributed by atoms with E-state index >= 15 is 0 Å². The third kappa shape index (κ3) is 2.08. The second-order valence-electron chi connectivity index (χ2n) is 2.33. The number of nitrogens with zero attached hydrogens (tertiary/aromatic N) is 3. The van der Waals surface area contributed by atoms with E-state index in [4.69, 9.17) is 5.73 Å². The van der Waals surface area contributed by atoms with Crippen molar-refractivity contribution in [1.82, 2.24) is 9.97 Å². The van der Waals surface area contributed by atoms with Gasteiger partial charge in [-0.3, -0.25) is 4.99 Å². The lowest BCUT2D eigenvalue weighted by Gasteiger charge is -2.01. The molecular formula is C8H9FN4. The maximum Gasteiger partial charge on any atom is 0.310 e. The second-order valence-corrected chi connectivity index (χ2v) is 2.33. The molecular weight excluding hydrogens is 171 g/mol. The van der Waals surface area contributed by atoms with Gasteiger partial charge in [0, 0.05) is 6.21 Å². The van der Waals surface area contributed by atoms with Gasteiger partial charge in [-0.05, 0) is 6.92 Å². The van der Waals surface area contributed by atoms with Gasteiger partial charge in [-0.15, -0.1) is 0 Å². The average molecular weight is 180 g/mol. The zero-order valence-electron chi connectivity index (χ0n) is 7.16.